The number of hydrogen-bond acceptors (Lipinski definition) is 3. The number of carbonyl (C=O) groups is 1. The van der Waals surface area contributed by atoms with Crippen molar-refractivity contribution >= 4 is 17.1 Å². The van der Waals surface area contributed by atoms with Gasteiger partial charge in [0.15, 0.2) is 0 Å². The van der Waals surface area contributed by atoms with Crippen LogP contribution in [-0.4, -0.2) is 15.6 Å². The maximum absolute atomic E-state index is 12.5. The predicted molar refractivity (Wildman–Crippen MR) is 76.9 cm³/mol. The summed E-state index contributed by atoms with van der Waals surface area (Å²) in [6.45, 7) is 2.74. The van der Waals surface area contributed by atoms with E-state index in [9.17, 15) is 4.79 Å². The van der Waals surface area contributed by atoms with Crippen molar-refractivity contribution in [3.05, 3.63) is 39.3 Å². The molecule has 3 rings (SSSR count). The van der Waals surface area contributed by atoms with E-state index in [1.54, 1.807) is 22.2 Å². The first-order valence-corrected chi connectivity index (χ1v) is 7.79. The van der Waals surface area contributed by atoms with Gasteiger partial charge in [-0.3, -0.25) is 9.48 Å². The van der Waals surface area contributed by atoms with Crippen LogP contribution in [0, 0.1) is 0 Å². The van der Waals surface area contributed by atoms with E-state index in [2.05, 4.69) is 11.2 Å². The van der Waals surface area contributed by atoms with Gasteiger partial charge in [0, 0.05) is 17.6 Å². The molecule has 4 heteroatoms. The number of nitrogens with zero attached hydrogens (tertiary/aromatic N) is 2. The summed E-state index contributed by atoms with van der Waals surface area (Å²) in [6, 6.07) is 3.93. The minimum atomic E-state index is 0.123. The van der Waals surface area contributed by atoms with Gasteiger partial charge in [-0.1, -0.05) is 6.42 Å². The van der Waals surface area contributed by atoms with E-state index in [4.69, 9.17) is 0 Å². The summed E-state index contributed by atoms with van der Waals surface area (Å²) >= 11 is 1.68. The zero-order valence-corrected chi connectivity index (χ0v) is 12.0. The van der Waals surface area contributed by atoms with E-state index < -0.39 is 0 Å². The normalized spacial score (nSPS) is 15.0. The van der Waals surface area contributed by atoms with E-state index in [1.807, 2.05) is 13.0 Å². The molecule has 3 nitrogen and oxygen atoms in total. The number of fused-ring (bicyclic) bond motifs is 1. The lowest BCUT2D eigenvalue weighted by Gasteiger charge is -2.01. The van der Waals surface area contributed by atoms with Gasteiger partial charge < -0.3 is 0 Å². The Bertz CT molecular complexity index is 574. The van der Waals surface area contributed by atoms with E-state index >= 15 is 0 Å². The van der Waals surface area contributed by atoms with Gasteiger partial charge >= 0.3 is 0 Å². The molecule has 0 bridgehead atoms. The average Bonchev–Trinajstić information content (AvgIpc) is 3.00. The fraction of sp³-hybridized carbons (Fsp3) is 0.467. The lowest BCUT2D eigenvalue weighted by molar-refractivity contribution is 0.103. The van der Waals surface area contributed by atoms with Crippen LogP contribution in [0.4, 0.5) is 0 Å². The monoisotopic (exact) mass is 274 g/mol. The van der Waals surface area contributed by atoms with Crippen LogP contribution in [0.25, 0.3) is 0 Å². The van der Waals surface area contributed by atoms with Crippen molar-refractivity contribution in [1.82, 2.24) is 9.78 Å². The highest BCUT2D eigenvalue weighted by molar-refractivity contribution is 7.14. The Morgan fingerprint density at radius 1 is 1.37 bits per heavy atom. The molecule has 0 unspecified atom stereocenters. The van der Waals surface area contributed by atoms with Gasteiger partial charge in [-0.05, 0) is 50.3 Å². The fourth-order valence-electron chi connectivity index (χ4n) is 2.68. The Morgan fingerprint density at radius 2 is 2.21 bits per heavy atom. The molecule has 2 aromatic heterocycles. The Morgan fingerprint density at radius 3 is 3.05 bits per heavy atom. The smallest absolute Gasteiger partial charge is 0.220 e. The SMILES string of the molecule is CCn1nccc1C(=O)c1cc2c(s1)CCCCC2. The molecule has 0 amide bonds. The predicted octanol–water partition coefficient (Wildman–Crippen LogP) is 3.46. The molecule has 0 saturated heterocycles. The van der Waals surface area contributed by atoms with Crippen molar-refractivity contribution in [2.45, 2.75) is 45.6 Å². The third kappa shape index (κ3) is 2.37. The molecule has 1 aliphatic carbocycles. The maximum Gasteiger partial charge on any atom is 0.220 e. The van der Waals surface area contributed by atoms with Gasteiger partial charge in [0.05, 0.1) is 4.88 Å². The molecule has 19 heavy (non-hydrogen) atoms. The molecule has 0 N–H and O–H groups in total. The van der Waals surface area contributed by atoms with Gasteiger partial charge in [0.2, 0.25) is 5.78 Å². The van der Waals surface area contributed by atoms with E-state index in [0.29, 0.717) is 5.69 Å². The second-order valence-corrected chi connectivity index (χ2v) is 6.12. The first-order valence-electron chi connectivity index (χ1n) is 6.97. The third-order valence-electron chi connectivity index (χ3n) is 3.72. The highest BCUT2D eigenvalue weighted by Crippen LogP contribution is 2.30. The summed E-state index contributed by atoms with van der Waals surface area (Å²) < 4.78 is 1.77. The number of thiophene rings is 1. The van der Waals surface area contributed by atoms with Gasteiger partial charge in [-0.2, -0.15) is 5.10 Å². The van der Waals surface area contributed by atoms with Crippen molar-refractivity contribution in [2.75, 3.05) is 0 Å². The second kappa shape index (κ2) is 5.29. The minimum absolute atomic E-state index is 0.123. The molecule has 0 saturated carbocycles. The molecule has 0 fully saturated rings. The molecule has 0 radical (unpaired) electrons. The van der Waals surface area contributed by atoms with Crippen LogP contribution in [0.1, 0.15) is 52.0 Å². The van der Waals surface area contributed by atoms with Crippen LogP contribution in [0.2, 0.25) is 0 Å². The fourth-order valence-corrected chi connectivity index (χ4v) is 3.89. The van der Waals surface area contributed by atoms with Gasteiger partial charge in [0.1, 0.15) is 5.69 Å². The van der Waals surface area contributed by atoms with Gasteiger partial charge in [-0.15, -0.1) is 11.3 Å². The quantitative estimate of drug-likeness (QED) is 0.634. The van der Waals surface area contributed by atoms with Crippen LogP contribution in [-0.2, 0) is 19.4 Å². The Labute approximate surface area is 117 Å². The van der Waals surface area contributed by atoms with Crippen molar-refractivity contribution in [1.29, 1.82) is 0 Å². The molecular formula is C15H18N2OS. The number of ketones is 1. The van der Waals surface area contributed by atoms with Crippen LogP contribution in [0.5, 0.6) is 0 Å². The molecule has 1 aliphatic rings. The molecule has 2 aromatic rings. The number of hydrogen-bond donors (Lipinski definition) is 0. The summed E-state index contributed by atoms with van der Waals surface area (Å²) in [6.07, 6.45) is 7.80. The van der Waals surface area contributed by atoms with E-state index in [0.717, 1.165) is 24.3 Å². The van der Waals surface area contributed by atoms with Crippen molar-refractivity contribution in [3.63, 3.8) is 0 Å². The summed E-state index contributed by atoms with van der Waals surface area (Å²) in [5.74, 6) is 0.123. The first-order chi connectivity index (χ1) is 9.29. The summed E-state index contributed by atoms with van der Waals surface area (Å²) in [4.78, 5) is 14.8. The Kier molecular flexibility index (Phi) is 3.51. The number of carbonyl (C=O) groups excluding carboxylic acids is 1. The molecular weight excluding hydrogens is 256 g/mol. The topological polar surface area (TPSA) is 34.9 Å². The highest BCUT2D eigenvalue weighted by atomic mass is 32.1. The first kappa shape index (κ1) is 12.6. The number of aromatic nitrogens is 2. The zero-order chi connectivity index (χ0) is 13.2. The van der Waals surface area contributed by atoms with Crippen LogP contribution < -0.4 is 0 Å². The molecule has 100 valence electrons. The minimum Gasteiger partial charge on any atom is -0.286 e. The molecule has 0 spiro atoms. The Balaban J connectivity index is 1.92. The molecule has 0 aromatic carbocycles. The molecule has 2 heterocycles. The lowest BCUT2D eigenvalue weighted by Crippen LogP contribution is -2.09. The summed E-state index contributed by atoms with van der Waals surface area (Å²) in [7, 11) is 0. The lowest BCUT2D eigenvalue weighted by atomic mass is 10.1. The van der Waals surface area contributed by atoms with Crippen molar-refractivity contribution < 1.29 is 4.79 Å². The third-order valence-corrected chi connectivity index (χ3v) is 4.95. The van der Waals surface area contributed by atoms with Crippen molar-refractivity contribution in [2.24, 2.45) is 0 Å². The zero-order valence-electron chi connectivity index (χ0n) is 11.2. The average molecular weight is 274 g/mol. The number of rotatable bonds is 3. The molecule has 0 atom stereocenters. The van der Waals surface area contributed by atoms with Gasteiger partial charge in [-0.25, -0.2) is 0 Å². The maximum atomic E-state index is 12.5. The van der Waals surface area contributed by atoms with E-state index in [-0.39, 0.29) is 5.78 Å². The summed E-state index contributed by atoms with van der Waals surface area (Å²) in [5, 5.41) is 4.18. The van der Waals surface area contributed by atoms with E-state index in [1.165, 1.54) is 29.7 Å². The largest absolute Gasteiger partial charge is 0.286 e. The number of aryl methyl sites for hydroxylation is 3. The standard InChI is InChI=1S/C15H18N2OS/c1-2-17-12(8-9-16-17)15(18)14-10-11-6-4-3-5-7-13(11)19-14/h8-10H,2-7H2,1H3. The van der Waals surface area contributed by atoms with Crippen molar-refractivity contribution in [3.8, 4) is 0 Å². The van der Waals surface area contributed by atoms with Gasteiger partial charge in [0.25, 0.3) is 0 Å². The van der Waals surface area contributed by atoms with Crippen LogP contribution in [0.15, 0.2) is 18.3 Å². The van der Waals surface area contributed by atoms with Crippen LogP contribution >= 0.6 is 11.3 Å². The second-order valence-electron chi connectivity index (χ2n) is 4.98. The summed E-state index contributed by atoms with van der Waals surface area (Å²) in [5.41, 5.74) is 2.10. The van der Waals surface area contributed by atoms with Crippen LogP contribution in [0.3, 0.4) is 0 Å². The highest BCUT2D eigenvalue weighted by Gasteiger charge is 2.19. The Hall–Kier alpha value is -1.42. The molecule has 0 aliphatic heterocycles.